The summed E-state index contributed by atoms with van der Waals surface area (Å²) >= 11 is 0. The minimum Gasteiger partial charge on any atom is -0.358 e. The molecule has 0 spiro atoms. The zero-order valence-corrected chi connectivity index (χ0v) is 9.56. The molecule has 0 saturated carbocycles. The second kappa shape index (κ2) is 3.23. The fourth-order valence-electron chi connectivity index (χ4n) is 2.24. The predicted octanol–water partition coefficient (Wildman–Crippen LogP) is 3.30. The molecule has 2 rings (SSSR count). The molecular weight excluding hydrogens is 186 g/mol. The quantitative estimate of drug-likeness (QED) is 0.705. The van der Waals surface area contributed by atoms with Gasteiger partial charge < -0.3 is 4.98 Å². The number of hydrogen-bond donors (Lipinski definition) is 1. The van der Waals surface area contributed by atoms with E-state index in [9.17, 15) is 4.79 Å². The topological polar surface area (TPSA) is 32.9 Å². The van der Waals surface area contributed by atoms with Crippen molar-refractivity contribution >= 4 is 16.7 Å². The number of carbonyl (C=O) groups is 1. The summed E-state index contributed by atoms with van der Waals surface area (Å²) in [6, 6.07) is 4.20. The largest absolute Gasteiger partial charge is 0.358 e. The molecule has 1 N–H and O–H groups in total. The summed E-state index contributed by atoms with van der Waals surface area (Å²) in [6.45, 7) is 7.69. The number of hydrogen-bond acceptors (Lipinski definition) is 1. The summed E-state index contributed by atoms with van der Waals surface area (Å²) in [7, 11) is 0. The Labute approximate surface area is 89.3 Å². The normalized spacial score (nSPS) is 10.9. The van der Waals surface area contributed by atoms with Gasteiger partial charge in [-0.25, -0.2) is 0 Å². The molecule has 0 unspecified atom stereocenters. The highest BCUT2D eigenvalue weighted by atomic mass is 16.1. The lowest BCUT2D eigenvalue weighted by Gasteiger charge is -2.00. The Morgan fingerprint density at radius 3 is 2.47 bits per heavy atom. The molecule has 2 nitrogen and oxygen atoms in total. The third kappa shape index (κ3) is 1.46. The first-order valence-corrected chi connectivity index (χ1v) is 5.11. The summed E-state index contributed by atoms with van der Waals surface area (Å²) in [5.41, 5.74) is 5.27. The highest BCUT2D eigenvalue weighted by Gasteiger charge is 2.13. The van der Waals surface area contributed by atoms with E-state index < -0.39 is 0 Å². The first kappa shape index (κ1) is 9.97. The molecule has 1 aromatic heterocycles. The lowest BCUT2D eigenvalue weighted by molar-refractivity contribution is 0.101. The Kier molecular flexibility index (Phi) is 2.14. The number of aromatic amines is 1. The number of nitrogens with one attached hydrogen (secondary N) is 1. The SMILES string of the molecule is CC(=O)c1c(C)[nH]c2c(C)cc(C)cc12. The van der Waals surface area contributed by atoms with Gasteiger partial charge in [-0.2, -0.15) is 0 Å². The lowest BCUT2D eigenvalue weighted by Crippen LogP contribution is -1.93. The van der Waals surface area contributed by atoms with Gasteiger partial charge in [-0.05, 0) is 39.3 Å². The van der Waals surface area contributed by atoms with Crippen LogP contribution in [-0.4, -0.2) is 10.8 Å². The van der Waals surface area contributed by atoms with Crippen LogP contribution in [0.5, 0.6) is 0 Å². The summed E-state index contributed by atoms with van der Waals surface area (Å²) in [5.74, 6) is 0.128. The van der Waals surface area contributed by atoms with Crippen molar-refractivity contribution in [3.63, 3.8) is 0 Å². The molecule has 0 aliphatic rings. The van der Waals surface area contributed by atoms with Crippen molar-refractivity contribution in [2.45, 2.75) is 27.7 Å². The van der Waals surface area contributed by atoms with Crippen molar-refractivity contribution < 1.29 is 4.79 Å². The van der Waals surface area contributed by atoms with E-state index in [4.69, 9.17) is 0 Å². The van der Waals surface area contributed by atoms with E-state index in [1.165, 1.54) is 11.1 Å². The fourth-order valence-corrected chi connectivity index (χ4v) is 2.24. The number of rotatable bonds is 1. The minimum atomic E-state index is 0.128. The second-order valence-corrected chi connectivity index (χ2v) is 4.19. The molecular formula is C13H15NO. The number of aromatic nitrogens is 1. The molecule has 0 saturated heterocycles. The molecule has 0 amide bonds. The monoisotopic (exact) mass is 201 g/mol. The van der Waals surface area contributed by atoms with Gasteiger partial charge in [0.15, 0.2) is 5.78 Å². The van der Waals surface area contributed by atoms with Gasteiger partial charge in [-0.3, -0.25) is 4.79 Å². The molecule has 78 valence electrons. The van der Waals surface area contributed by atoms with Crippen LogP contribution >= 0.6 is 0 Å². The number of aryl methyl sites for hydroxylation is 3. The van der Waals surface area contributed by atoms with E-state index in [0.29, 0.717) is 0 Å². The summed E-state index contributed by atoms with van der Waals surface area (Å²) in [4.78, 5) is 14.8. The number of Topliss-reactive ketones (excluding diaryl/α,β-unsaturated/α-hetero) is 1. The number of ketones is 1. The summed E-state index contributed by atoms with van der Waals surface area (Å²) in [5, 5.41) is 1.05. The van der Waals surface area contributed by atoms with Crippen LogP contribution < -0.4 is 0 Å². The van der Waals surface area contributed by atoms with E-state index in [1.54, 1.807) is 6.92 Å². The Morgan fingerprint density at radius 1 is 1.20 bits per heavy atom. The van der Waals surface area contributed by atoms with Gasteiger partial charge in [0.25, 0.3) is 0 Å². The van der Waals surface area contributed by atoms with Crippen molar-refractivity contribution in [1.29, 1.82) is 0 Å². The van der Waals surface area contributed by atoms with E-state index in [0.717, 1.165) is 22.2 Å². The Hall–Kier alpha value is -1.57. The Balaban J connectivity index is 2.93. The standard InChI is InChI=1S/C13H15NO/c1-7-5-8(2)13-11(6-7)12(10(4)15)9(3)14-13/h5-6,14H,1-4H3. The Bertz CT molecular complexity index is 549. The number of fused-ring (bicyclic) bond motifs is 1. The molecule has 0 fully saturated rings. The number of carbonyl (C=O) groups excluding carboxylic acids is 1. The van der Waals surface area contributed by atoms with Crippen LogP contribution in [0.4, 0.5) is 0 Å². The van der Waals surface area contributed by atoms with Crippen LogP contribution in [0.2, 0.25) is 0 Å². The van der Waals surface area contributed by atoms with Crippen LogP contribution in [0.3, 0.4) is 0 Å². The van der Waals surface area contributed by atoms with Crippen molar-refractivity contribution in [2.24, 2.45) is 0 Å². The van der Waals surface area contributed by atoms with E-state index in [-0.39, 0.29) is 5.78 Å². The second-order valence-electron chi connectivity index (χ2n) is 4.19. The van der Waals surface area contributed by atoms with Gasteiger partial charge in [0.2, 0.25) is 0 Å². The third-order valence-corrected chi connectivity index (χ3v) is 2.79. The van der Waals surface area contributed by atoms with Crippen LogP contribution in [0.25, 0.3) is 10.9 Å². The predicted molar refractivity (Wildman–Crippen MR) is 62.5 cm³/mol. The van der Waals surface area contributed by atoms with Crippen LogP contribution in [-0.2, 0) is 0 Å². The highest BCUT2D eigenvalue weighted by molar-refractivity contribution is 6.08. The van der Waals surface area contributed by atoms with Gasteiger partial charge >= 0.3 is 0 Å². The van der Waals surface area contributed by atoms with Crippen LogP contribution in [0, 0.1) is 20.8 Å². The molecule has 2 heteroatoms. The maximum Gasteiger partial charge on any atom is 0.162 e. The average molecular weight is 201 g/mol. The lowest BCUT2D eigenvalue weighted by atomic mass is 10.0. The molecule has 0 aliphatic carbocycles. The van der Waals surface area contributed by atoms with Gasteiger partial charge in [0.1, 0.15) is 0 Å². The smallest absolute Gasteiger partial charge is 0.162 e. The van der Waals surface area contributed by atoms with E-state index in [2.05, 4.69) is 31.0 Å². The minimum absolute atomic E-state index is 0.128. The van der Waals surface area contributed by atoms with Crippen molar-refractivity contribution in [3.05, 3.63) is 34.5 Å². The van der Waals surface area contributed by atoms with Gasteiger partial charge in [-0.1, -0.05) is 11.6 Å². The molecule has 0 aliphatic heterocycles. The molecule has 15 heavy (non-hydrogen) atoms. The highest BCUT2D eigenvalue weighted by Crippen LogP contribution is 2.26. The van der Waals surface area contributed by atoms with Crippen molar-refractivity contribution in [2.75, 3.05) is 0 Å². The molecule has 0 atom stereocenters. The van der Waals surface area contributed by atoms with Crippen molar-refractivity contribution in [1.82, 2.24) is 4.98 Å². The zero-order chi connectivity index (χ0) is 11.2. The molecule has 1 heterocycles. The van der Waals surface area contributed by atoms with Crippen molar-refractivity contribution in [3.8, 4) is 0 Å². The first-order chi connectivity index (χ1) is 7.00. The van der Waals surface area contributed by atoms with Crippen LogP contribution in [0.1, 0.15) is 34.1 Å². The molecule has 1 aromatic carbocycles. The summed E-state index contributed by atoms with van der Waals surface area (Å²) < 4.78 is 0. The van der Waals surface area contributed by atoms with Crippen LogP contribution in [0.15, 0.2) is 12.1 Å². The zero-order valence-electron chi connectivity index (χ0n) is 9.56. The maximum absolute atomic E-state index is 11.5. The maximum atomic E-state index is 11.5. The van der Waals surface area contributed by atoms with Gasteiger partial charge in [-0.15, -0.1) is 0 Å². The summed E-state index contributed by atoms with van der Waals surface area (Å²) in [6.07, 6.45) is 0. The average Bonchev–Trinajstić information content (AvgIpc) is 2.41. The third-order valence-electron chi connectivity index (χ3n) is 2.79. The Morgan fingerprint density at radius 2 is 1.87 bits per heavy atom. The fraction of sp³-hybridized carbons (Fsp3) is 0.308. The van der Waals surface area contributed by atoms with E-state index >= 15 is 0 Å². The number of benzene rings is 1. The first-order valence-electron chi connectivity index (χ1n) is 5.11. The van der Waals surface area contributed by atoms with E-state index in [1.807, 2.05) is 6.92 Å². The van der Waals surface area contributed by atoms with Gasteiger partial charge in [0, 0.05) is 22.2 Å². The molecule has 0 bridgehead atoms. The number of H-pyrrole nitrogens is 1. The molecule has 2 aromatic rings. The molecule has 0 radical (unpaired) electrons. The van der Waals surface area contributed by atoms with Gasteiger partial charge in [0.05, 0.1) is 0 Å².